The molecule has 0 aliphatic heterocycles. The summed E-state index contributed by atoms with van der Waals surface area (Å²) >= 11 is 1.70. The summed E-state index contributed by atoms with van der Waals surface area (Å²) in [6.45, 7) is 0. The van der Waals surface area contributed by atoms with Crippen LogP contribution >= 0.6 is 11.3 Å². The number of nitrogens with zero attached hydrogens (tertiary/aromatic N) is 4. The molecule has 262 valence electrons. The summed E-state index contributed by atoms with van der Waals surface area (Å²) in [5.74, 6) is 1.29. The molecule has 0 fully saturated rings. The second-order valence-electron chi connectivity index (χ2n) is 13.8. The Hall–Kier alpha value is -7.28. The molecule has 0 N–H and O–H groups in total. The van der Waals surface area contributed by atoms with E-state index >= 15 is 0 Å². The van der Waals surface area contributed by atoms with Crippen LogP contribution in [-0.2, 0) is 0 Å². The molecule has 7 aromatic carbocycles. The fourth-order valence-corrected chi connectivity index (χ4v) is 8.70. The van der Waals surface area contributed by atoms with E-state index < -0.39 is 0 Å². The molecule has 0 bridgehead atoms. The second kappa shape index (κ2) is 13.2. The van der Waals surface area contributed by atoms with E-state index in [1.54, 1.807) is 11.3 Å². The quantitative estimate of drug-likeness (QED) is 0.170. The van der Waals surface area contributed by atoms with Gasteiger partial charge in [-0.1, -0.05) is 164 Å². The SMILES string of the molecule is c1ccc(-c2ccc(-c3nc(-c4cccc(-c5nc(-c6ccc(-c7ccccc7)cc6)nc6sc7ccccc7c56)c4)c4c(n3)oc3ccccc34)cc2)cc1. The van der Waals surface area contributed by atoms with Crippen LogP contribution in [0.2, 0.25) is 0 Å². The van der Waals surface area contributed by atoms with Gasteiger partial charge in [-0.15, -0.1) is 11.3 Å². The third-order valence-electron chi connectivity index (χ3n) is 10.4. The van der Waals surface area contributed by atoms with Gasteiger partial charge in [0.25, 0.3) is 0 Å². The highest BCUT2D eigenvalue weighted by Gasteiger charge is 2.21. The first-order chi connectivity index (χ1) is 27.7. The fourth-order valence-electron chi connectivity index (χ4n) is 7.62. The van der Waals surface area contributed by atoms with Crippen molar-refractivity contribution < 1.29 is 4.42 Å². The predicted molar refractivity (Wildman–Crippen MR) is 230 cm³/mol. The first-order valence-corrected chi connectivity index (χ1v) is 19.4. The normalized spacial score (nSPS) is 11.6. The highest BCUT2D eigenvalue weighted by atomic mass is 32.1. The zero-order valence-electron chi connectivity index (χ0n) is 29.9. The lowest BCUT2D eigenvalue weighted by Gasteiger charge is -2.11. The first kappa shape index (κ1) is 32.2. The summed E-state index contributed by atoms with van der Waals surface area (Å²) in [5, 5.41) is 4.05. The Morgan fingerprint density at radius 3 is 1.48 bits per heavy atom. The van der Waals surface area contributed by atoms with Gasteiger partial charge >= 0.3 is 0 Å². The minimum atomic E-state index is 0.554. The van der Waals surface area contributed by atoms with Crippen LogP contribution < -0.4 is 0 Å². The van der Waals surface area contributed by atoms with E-state index in [0.29, 0.717) is 17.4 Å². The lowest BCUT2D eigenvalue weighted by atomic mass is 9.99. The Labute approximate surface area is 326 Å². The molecule has 5 nitrogen and oxygen atoms in total. The Morgan fingerprint density at radius 1 is 0.357 bits per heavy atom. The fraction of sp³-hybridized carbons (Fsp3) is 0. The average molecular weight is 735 g/mol. The number of benzene rings is 7. The first-order valence-electron chi connectivity index (χ1n) is 18.5. The van der Waals surface area contributed by atoms with Gasteiger partial charge in [0.1, 0.15) is 10.4 Å². The zero-order valence-corrected chi connectivity index (χ0v) is 30.7. The lowest BCUT2D eigenvalue weighted by molar-refractivity contribution is 0.653. The lowest BCUT2D eigenvalue weighted by Crippen LogP contribution is -1.96. The number of rotatable bonds is 6. The summed E-state index contributed by atoms with van der Waals surface area (Å²) in [6, 6.07) is 62.8. The van der Waals surface area contributed by atoms with E-state index in [1.165, 1.54) is 10.3 Å². The van der Waals surface area contributed by atoms with Crippen LogP contribution in [0.15, 0.2) is 186 Å². The van der Waals surface area contributed by atoms with E-state index in [0.717, 1.165) is 82.3 Å². The van der Waals surface area contributed by atoms with E-state index in [1.807, 2.05) is 30.3 Å². The molecular formula is C50H30N4OS. The van der Waals surface area contributed by atoms with Crippen molar-refractivity contribution in [3.05, 3.63) is 182 Å². The maximum atomic E-state index is 6.41. The zero-order chi connectivity index (χ0) is 37.0. The molecule has 0 unspecified atom stereocenters. The highest BCUT2D eigenvalue weighted by Crippen LogP contribution is 2.42. The van der Waals surface area contributed by atoms with Crippen molar-refractivity contribution in [1.82, 2.24) is 19.9 Å². The molecule has 0 aliphatic carbocycles. The molecule has 56 heavy (non-hydrogen) atoms. The molecule has 0 saturated heterocycles. The third-order valence-corrected chi connectivity index (χ3v) is 11.5. The summed E-state index contributed by atoms with van der Waals surface area (Å²) in [7, 11) is 0. The number of hydrogen-bond acceptors (Lipinski definition) is 6. The number of thiophene rings is 1. The molecule has 4 aromatic heterocycles. The second-order valence-corrected chi connectivity index (χ2v) is 14.8. The van der Waals surface area contributed by atoms with Crippen LogP contribution in [0.1, 0.15) is 0 Å². The molecule has 0 saturated carbocycles. The number of furan rings is 1. The van der Waals surface area contributed by atoms with Crippen molar-refractivity contribution in [2.75, 3.05) is 0 Å². The van der Waals surface area contributed by atoms with Gasteiger partial charge in [-0.3, -0.25) is 0 Å². The van der Waals surface area contributed by atoms with Gasteiger partial charge < -0.3 is 4.42 Å². The van der Waals surface area contributed by atoms with Crippen molar-refractivity contribution >= 4 is 53.7 Å². The molecule has 0 atom stereocenters. The molecule has 0 spiro atoms. The van der Waals surface area contributed by atoms with Crippen LogP contribution in [0.3, 0.4) is 0 Å². The molecule has 11 aromatic rings. The van der Waals surface area contributed by atoms with Crippen molar-refractivity contribution in [3.8, 4) is 67.5 Å². The van der Waals surface area contributed by atoms with Gasteiger partial charge in [0, 0.05) is 43.1 Å². The van der Waals surface area contributed by atoms with E-state index in [4.69, 9.17) is 24.4 Å². The van der Waals surface area contributed by atoms with Gasteiger partial charge in [0.15, 0.2) is 11.6 Å². The van der Waals surface area contributed by atoms with Gasteiger partial charge in [-0.2, -0.15) is 4.98 Å². The monoisotopic (exact) mass is 734 g/mol. The number of aromatic nitrogens is 4. The summed E-state index contributed by atoms with van der Waals surface area (Å²) in [4.78, 5) is 21.8. The van der Waals surface area contributed by atoms with E-state index in [9.17, 15) is 0 Å². The Balaban J connectivity index is 1.08. The minimum absolute atomic E-state index is 0.554. The molecule has 0 amide bonds. The van der Waals surface area contributed by atoms with Crippen molar-refractivity contribution in [2.24, 2.45) is 0 Å². The predicted octanol–water partition coefficient (Wildman–Crippen LogP) is 13.5. The minimum Gasteiger partial charge on any atom is -0.438 e. The van der Waals surface area contributed by atoms with E-state index in [-0.39, 0.29) is 0 Å². The Morgan fingerprint density at radius 2 is 0.839 bits per heavy atom. The maximum absolute atomic E-state index is 6.41. The maximum Gasteiger partial charge on any atom is 0.231 e. The van der Waals surface area contributed by atoms with Crippen LogP contribution in [0.25, 0.3) is 110 Å². The van der Waals surface area contributed by atoms with Crippen molar-refractivity contribution in [2.45, 2.75) is 0 Å². The molecular weight excluding hydrogens is 705 g/mol. The summed E-state index contributed by atoms with van der Waals surface area (Å²) in [6.07, 6.45) is 0. The number of para-hydroxylation sites is 1. The van der Waals surface area contributed by atoms with Gasteiger partial charge in [0.2, 0.25) is 5.71 Å². The van der Waals surface area contributed by atoms with Crippen LogP contribution in [-0.4, -0.2) is 19.9 Å². The van der Waals surface area contributed by atoms with Crippen LogP contribution in [0.5, 0.6) is 0 Å². The third kappa shape index (κ3) is 5.54. The highest BCUT2D eigenvalue weighted by molar-refractivity contribution is 7.25. The molecule has 4 heterocycles. The number of hydrogen-bond donors (Lipinski definition) is 0. The van der Waals surface area contributed by atoms with Crippen molar-refractivity contribution in [1.29, 1.82) is 0 Å². The van der Waals surface area contributed by atoms with Crippen LogP contribution in [0, 0.1) is 0 Å². The van der Waals surface area contributed by atoms with Gasteiger partial charge in [-0.05, 0) is 40.5 Å². The van der Waals surface area contributed by atoms with E-state index in [2.05, 4.69) is 152 Å². The van der Waals surface area contributed by atoms with Crippen molar-refractivity contribution in [3.63, 3.8) is 0 Å². The molecule has 6 heteroatoms. The topological polar surface area (TPSA) is 64.7 Å². The van der Waals surface area contributed by atoms with Crippen LogP contribution in [0.4, 0.5) is 0 Å². The average Bonchev–Trinajstić information content (AvgIpc) is 3.85. The smallest absolute Gasteiger partial charge is 0.231 e. The van der Waals surface area contributed by atoms with Gasteiger partial charge in [-0.25, -0.2) is 15.0 Å². The van der Waals surface area contributed by atoms with Gasteiger partial charge in [0.05, 0.1) is 16.8 Å². The molecule has 11 rings (SSSR count). The largest absolute Gasteiger partial charge is 0.438 e. The Kier molecular flexibility index (Phi) is 7.60. The Bertz CT molecular complexity index is 3010. The summed E-state index contributed by atoms with van der Waals surface area (Å²) in [5.41, 5.74) is 11.4. The number of fused-ring (bicyclic) bond motifs is 6. The summed E-state index contributed by atoms with van der Waals surface area (Å²) < 4.78 is 7.59. The molecule has 0 radical (unpaired) electrons. The molecule has 0 aliphatic rings. The standard InChI is InChI=1S/C50H30N4OS/c1-3-12-31(13-4-1)33-22-26-35(27-23-33)47-51-45(43-39-18-7-9-20-41(39)55-49(43)53-47)37-16-11-17-38(30-37)46-44-40-19-8-10-21-42(40)56-50(44)54-48(52-46)36-28-24-34(25-29-36)32-14-5-2-6-15-32/h1-30H.